The van der Waals surface area contributed by atoms with Crippen LogP contribution < -0.4 is 10.2 Å². The lowest BCUT2D eigenvalue weighted by Gasteiger charge is -2.20. The van der Waals surface area contributed by atoms with Crippen molar-refractivity contribution in [3.8, 4) is 0 Å². The number of hydrogen-bond acceptors (Lipinski definition) is 4. The molecule has 0 aliphatic heterocycles. The quantitative estimate of drug-likeness (QED) is 0.799. The fourth-order valence-electron chi connectivity index (χ4n) is 1.54. The minimum Gasteiger partial charge on any atom is -0.478 e. The summed E-state index contributed by atoms with van der Waals surface area (Å²) in [7, 11) is 1.59. The number of carboxylic acids is 1. The summed E-state index contributed by atoms with van der Waals surface area (Å²) in [5.41, 5.74) is 0.00393. The minimum absolute atomic E-state index is 0.00393. The number of amides is 1. The Bertz CT molecular complexity index is 491. The van der Waals surface area contributed by atoms with Crippen molar-refractivity contribution in [3.05, 3.63) is 22.8 Å². The molecule has 0 bridgehead atoms. The lowest BCUT2D eigenvalue weighted by Crippen LogP contribution is -2.39. The fraction of sp³-hybridized carbons (Fsp3) is 0.417. The number of anilines is 1. The van der Waals surface area contributed by atoms with Crippen molar-refractivity contribution in [2.45, 2.75) is 19.9 Å². The maximum Gasteiger partial charge on any atom is 0.339 e. The summed E-state index contributed by atoms with van der Waals surface area (Å²) in [6.07, 6.45) is 0. The van der Waals surface area contributed by atoms with Crippen LogP contribution in [0.2, 0.25) is 5.15 Å². The van der Waals surface area contributed by atoms with Gasteiger partial charge in [-0.3, -0.25) is 4.79 Å². The molecule has 0 unspecified atom stereocenters. The van der Waals surface area contributed by atoms with E-state index in [1.807, 2.05) is 13.8 Å². The van der Waals surface area contributed by atoms with Gasteiger partial charge in [0.15, 0.2) is 0 Å². The van der Waals surface area contributed by atoms with Crippen molar-refractivity contribution in [1.82, 2.24) is 10.3 Å². The van der Waals surface area contributed by atoms with Gasteiger partial charge in [0, 0.05) is 13.1 Å². The van der Waals surface area contributed by atoms with E-state index in [1.165, 1.54) is 17.0 Å². The second-order valence-electron chi connectivity index (χ2n) is 4.39. The van der Waals surface area contributed by atoms with Crippen molar-refractivity contribution in [3.63, 3.8) is 0 Å². The molecule has 0 aliphatic rings. The van der Waals surface area contributed by atoms with Crippen molar-refractivity contribution < 1.29 is 14.7 Å². The molecule has 19 heavy (non-hydrogen) atoms. The number of carbonyl (C=O) groups excluding carboxylic acids is 1. The highest BCUT2D eigenvalue weighted by molar-refractivity contribution is 6.29. The number of halogens is 1. The predicted octanol–water partition coefficient (Wildman–Crippen LogP) is 1.39. The molecule has 1 heterocycles. The maximum absolute atomic E-state index is 11.6. The lowest BCUT2D eigenvalue weighted by molar-refractivity contribution is -0.120. The van der Waals surface area contributed by atoms with Crippen molar-refractivity contribution in [1.29, 1.82) is 0 Å². The average molecular weight is 286 g/mol. The summed E-state index contributed by atoms with van der Waals surface area (Å²) in [6.45, 7) is 3.70. The van der Waals surface area contributed by atoms with Gasteiger partial charge < -0.3 is 15.3 Å². The number of carbonyl (C=O) groups is 2. The van der Waals surface area contributed by atoms with Crippen LogP contribution in [0.5, 0.6) is 0 Å². The summed E-state index contributed by atoms with van der Waals surface area (Å²) in [6, 6.07) is 2.78. The van der Waals surface area contributed by atoms with Crippen LogP contribution in [0.15, 0.2) is 12.1 Å². The molecule has 1 aromatic heterocycles. The summed E-state index contributed by atoms with van der Waals surface area (Å²) in [4.78, 5) is 28.1. The van der Waals surface area contributed by atoms with Gasteiger partial charge in [-0.25, -0.2) is 9.78 Å². The molecule has 104 valence electrons. The van der Waals surface area contributed by atoms with E-state index >= 15 is 0 Å². The molecular weight excluding hydrogens is 270 g/mol. The minimum atomic E-state index is -1.12. The van der Waals surface area contributed by atoms with Gasteiger partial charge in [-0.1, -0.05) is 11.6 Å². The summed E-state index contributed by atoms with van der Waals surface area (Å²) >= 11 is 5.76. The van der Waals surface area contributed by atoms with E-state index in [4.69, 9.17) is 16.7 Å². The Morgan fingerprint density at radius 2 is 2.11 bits per heavy atom. The van der Waals surface area contributed by atoms with Gasteiger partial charge in [0.05, 0.1) is 6.54 Å². The van der Waals surface area contributed by atoms with Crippen LogP contribution in [0.25, 0.3) is 0 Å². The Morgan fingerprint density at radius 3 is 2.63 bits per heavy atom. The molecule has 0 fully saturated rings. The third kappa shape index (κ3) is 4.40. The average Bonchev–Trinajstić information content (AvgIpc) is 2.26. The first-order chi connectivity index (χ1) is 8.81. The number of aromatic carboxylic acids is 1. The molecule has 6 nitrogen and oxygen atoms in total. The lowest BCUT2D eigenvalue weighted by atomic mass is 10.2. The Hall–Kier alpha value is -1.82. The van der Waals surface area contributed by atoms with E-state index in [-0.39, 0.29) is 35.0 Å². The van der Waals surface area contributed by atoms with E-state index in [2.05, 4.69) is 10.3 Å². The topological polar surface area (TPSA) is 82.5 Å². The first-order valence-corrected chi connectivity index (χ1v) is 6.09. The predicted molar refractivity (Wildman–Crippen MR) is 72.8 cm³/mol. The molecule has 1 aromatic rings. The van der Waals surface area contributed by atoms with E-state index in [0.717, 1.165) is 0 Å². The Kier molecular flexibility index (Phi) is 5.11. The van der Waals surface area contributed by atoms with Crippen LogP contribution in [0.1, 0.15) is 24.2 Å². The smallest absolute Gasteiger partial charge is 0.339 e. The van der Waals surface area contributed by atoms with Crippen molar-refractivity contribution in [2.75, 3.05) is 18.5 Å². The number of nitrogens with zero attached hydrogens (tertiary/aromatic N) is 2. The van der Waals surface area contributed by atoms with Gasteiger partial charge in [0.25, 0.3) is 0 Å². The normalized spacial score (nSPS) is 10.4. The van der Waals surface area contributed by atoms with Crippen molar-refractivity contribution in [2.24, 2.45) is 0 Å². The Balaban J connectivity index is 2.92. The van der Waals surface area contributed by atoms with Gasteiger partial charge in [0.2, 0.25) is 5.91 Å². The van der Waals surface area contributed by atoms with E-state index < -0.39 is 5.97 Å². The molecule has 0 saturated carbocycles. The van der Waals surface area contributed by atoms with Crippen LogP contribution >= 0.6 is 11.6 Å². The Morgan fingerprint density at radius 1 is 1.47 bits per heavy atom. The molecule has 2 N–H and O–H groups in total. The van der Waals surface area contributed by atoms with E-state index in [9.17, 15) is 9.59 Å². The first kappa shape index (κ1) is 15.2. The second kappa shape index (κ2) is 6.38. The third-order valence-corrected chi connectivity index (χ3v) is 2.47. The number of rotatable bonds is 5. The van der Waals surface area contributed by atoms with E-state index in [1.54, 1.807) is 7.05 Å². The van der Waals surface area contributed by atoms with E-state index in [0.29, 0.717) is 0 Å². The van der Waals surface area contributed by atoms with Gasteiger partial charge in [-0.2, -0.15) is 0 Å². The van der Waals surface area contributed by atoms with Crippen molar-refractivity contribution >= 4 is 29.3 Å². The molecule has 0 radical (unpaired) electrons. The molecule has 0 aromatic carbocycles. The highest BCUT2D eigenvalue weighted by Crippen LogP contribution is 2.19. The molecule has 1 rings (SSSR count). The number of nitrogens with one attached hydrogen (secondary N) is 1. The van der Waals surface area contributed by atoms with Crippen LogP contribution in [-0.4, -0.2) is 41.6 Å². The van der Waals surface area contributed by atoms with Crippen LogP contribution in [-0.2, 0) is 4.79 Å². The van der Waals surface area contributed by atoms with Crippen LogP contribution in [0.4, 0.5) is 5.82 Å². The van der Waals surface area contributed by atoms with Gasteiger partial charge in [-0.15, -0.1) is 0 Å². The standard InChI is InChI=1S/C12H16ClN3O3/c1-7(2)14-10(17)6-16(3)11-8(12(18)19)4-5-9(13)15-11/h4-5,7H,6H2,1-3H3,(H,14,17)(H,18,19). The number of pyridine rings is 1. The number of carboxylic acid groups (broad SMARTS) is 1. The molecule has 7 heteroatoms. The first-order valence-electron chi connectivity index (χ1n) is 5.71. The van der Waals surface area contributed by atoms with Gasteiger partial charge in [0.1, 0.15) is 16.5 Å². The monoisotopic (exact) mass is 285 g/mol. The SMILES string of the molecule is CC(C)NC(=O)CN(C)c1nc(Cl)ccc1C(=O)O. The maximum atomic E-state index is 11.6. The molecule has 0 atom stereocenters. The summed E-state index contributed by atoms with van der Waals surface area (Å²) in [5.74, 6) is -1.16. The zero-order chi connectivity index (χ0) is 14.6. The number of hydrogen-bond donors (Lipinski definition) is 2. The second-order valence-corrected chi connectivity index (χ2v) is 4.78. The number of aromatic nitrogens is 1. The molecule has 0 aliphatic carbocycles. The zero-order valence-corrected chi connectivity index (χ0v) is 11.7. The van der Waals surface area contributed by atoms with Crippen LogP contribution in [0, 0.1) is 0 Å². The third-order valence-electron chi connectivity index (χ3n) is 2.26. The zero-order valence-electron chi connectivity index (χ0n) is 11.0. The van der Waals surface area contributed by atoms with Gasteiger partial charge >= 0.3 is 5.97 Å². The number of likely N-dealkylation sites (N-methyl/N-ethyl adjacent to an activating group) is 1. The van der Waals surface area contributed by atoms with Crippen LogP contribution in [0.3, 0.4) is 0 Å². The Labute approximate surface area is 116 Å². The molecular formula is C12H16ClN3O3. The molecule has 1 amide bonds. The van der Waals surface area contributed by atoms with Gasteiger partial charge in [-0.05, 0) is 26.0 Å². The molecule has 0 spiro atoms. The summed E-state index contributed by atoms with van der Waals surface area (Å²) in [5, 5.41) is 12.0. The molecule has 0 saturated heterocycles. The highest BCUT2D eigenvalue weighted by atomic mass is 35.5. The fourth-order valence-corrected chi connectivity index (χ4v) is 1.68. The summed E-state index contributed by atoms with van der Waals surface area (Å²) < 4.78 is 0. The highest BCUT2D eigenvalue weighted by Gasteiger charge is 2.17. The largest absolute Gasteiger partial charge is 0.478 e.